The first-order valence-corrected chi connectivity index (χ1v) is 7.22. The van der Waals surface area contributed by atoms with Crippen molar-refractivity contribution in [3.8, 4) is 11.5 Å². The number of carboxylic acid groups (broad SMARTS) is 1. The fourth-order valence-corrected chi connectivity index (χ4v) is 3.30. The number of carbonyl (C=O) groups is 1. The summed E-state index contributed by atoms with van der Waals surface area (Å²) in [5, 5.41) is 19.3. The van der Waals surface area contributed by atoms with E-state index in [1.54, 1.807) is 0 Å². The number of hydrogen-bond acceptors (Lipinski definition) is 3. The number of aliphatic carboxylic acids is 1. The number of phenols is 1. The van der Waals surface area contributed by atoms with Crippen LogP contribution in [0.2, 0.25) is 0 Å². The minimum Gasteiger partial charge on any atom is -0.504 e. The van der Waals surface area contributed by atoms with Gasteiger partial charge in [-0.15, -0.1) is 0 Å². The van der Waals surface area contributed by atoms with Crippen LogP contribution in [0.1, 0.15) is 37.7 Å². The summed E-state index contributed by atoms with van der Waals surface area (Å²) in [7, 11) is 1.27. The lowest BCUT2D eigenvalue weighted by Gasteiger charge is -2.34. The van der Waals surface area contributed by atoms with Crippen molar-refractivity contribution < 1.29 is 24.1 Å². The smallest absolute Gasteiger partial charge is 0.314 e. The molecule has 0 saturated heterocycles. The lowest BCUT2D eigenvalue weighted by molar-refractivity contribution is -0.145. The van der Waals surface area contributed by atoms with Gasteiger partial charge in [0.05, 0.1) is 17.0 Å². The average molecular weight is 347 g/mol. The molecule has 110 valence electrons. The van der Waals surface area contributed by atoms with Gasteiger partial charge in [0.15, 0.2) is 11.5 Å². The second-order valence-corrected chi connectivity index (χ2v) is 5.90. The van der Waals surface area contributed by atoms with Crippen LogP contribution in [0, 0.1) is 5.82 Å². The van der Waals surface area contributed by atoms with E-state index in [1.165, 1.54) is 13.2 Å². The number of carboxylic acids is 1. The highest BCUT2D eigenvalue weighted by Crippen LogP contribution is 2.47. The number of hydrogen-bond donors (Lipinski definition) is 2. The Bertz CT molecular complexity index is 538. The van der Waals surface area contributed by atoms with Gasteiger partial charge in [-0.1, -0.05) is 19.3 Å². The lowest BCUT2D eigenvalue weighted by Crippen LogP contribution is -2.38. The molecule has 0 atom stereocenters. The van der Waals surface area contributed by atoms with Crippen molar-refractivity contribution in [2.45, 2.75) is 37.5 Å². The number of aromatic hydroxyl groups is 1. The molecule has 1 saturated carbocycles. The molecule has 2 N–H and O–H groups in total. The van der Waals surface area contributed by atoms with Gasteiger partial charge in [-0.05, 0) is 34.8 Å². The molecule has 1 aliphatic rings. The molecule has 0 aromatic heterocycles. The molecule has 0 bridgehead atoms. The van der Waals surface area contributed by atoms with Crippen molar-refractivity contribution in [1.29, 1.82) is 0 Å². The van der Waals surface area contributed by atoms with Gasteiger partial charge in [0, 0.05) is 5.56 Å². The standard InChI is InChI=1S/C14H16BrFO4/c1-20-12-8(7-9(15)11(17)10(12)16)14(13(18)19)5-3-2-4-6-14/h7,17H,2-6H2,1H3,(H,18,19). The van der Waals surface area contributed by atoms with E-state index in [0.717, 1.165) is 19.3 Å². The van der Waals surface area contributed by atoms with Crippen LogP contribution < -0.4 is 4.74 Å². The van der Waals surface area contributed by atoms with E-state index in [4.69, 9.17) is 4.74 Å². The molecule has 1 fully saturated rings. The Balaban J connectivity index is 2.68. The molecule has 1 aliphatic carbocycles. The van der Waals surface area contributed by atoms with Crippen LogP contribution in [0.3, 0.4) is 0 Å². The Morgan fingerprint density at radius 3 is 2.50 bits per heavy atom. The molecule has 20 heavy (non-hydrogen) atoms. The zero-order valence-electron chi connectivity index (χ0n) is 11.1. The first-order valence-electron chi connectivity index (χ1n) is 6.43. The summed E-state index contributed by atoms with van der Waals surface area (Å²) < 4.78 is 19.3. The van der Waals surface area contributed by atoms with Gasteiger partial charge in [0.2, 0.25) is 5.82 Å². The molecule has 0 spiro atoms. The third-order valence-corrected chi connectivity index (χ3v) is 4.59. The molecular formula is C14H16BrFO4. The van der Waals surface area contributed by atoms with Gasteiger partial charge in [0.25, 0.3) is 0 Å². The zero-order valence-corrected chi connectivity index (χ0v) is 12.7. The Labute approximate surface area is 124 Å². The quantitative estimate of drug-likeness (QED) is 0.877. The number of halogens is 2. The fourth-order valence-electron chi connectivity index (χ4n) is 2.90. The molecule has 0 unspecified atom stereocenters. The van der Waals surface area contributed by atoms with Crippen LogP contribution in [0.15, 0.2) is 10.5 Å². The molecular weight excluding hydrogens is 331 g/mol. The Hall–Kier alpha value is -1.30. The van der Waals surface area contributed by atoms with Crippen LogP contribution in [0.25, 0.3) is 0 Å². The van der Waals surface area contributed by atoms with Gasteiger partial charge in [-0.3, -0.25) is 4.79 Å². The third-order valence-electron chi connectivity index (χ3n) is 3.99. The van der Waals surface area contributed by atoms with Gasteiger partial charge in [0.1, 0.15) is 0 Å². The predicted molar refractivity (Wildman–Crippen MR) is 74.7 cm³/mol. The van der Waals surface area contributed by atoms with E-state index in [9.17, 15) is 19.4 Å². The molecule has 0 heterocycles. The number of ether oxygens (including phenoxy) is 1. The van der Waals surface area contributed by atoms with Crippen molar-refractivity contribution in [2.75, 3.05) is 7.11 Å². The first-order chi connectivity index (χ1) is 9.44. The Morgan fingerprint density at radius 1 is 1.40 bits per heavy atom. The minimum atomic E-state index is -1.15. The summed E-state index contributed by atoms with van der Waals surface area (Å²) in [5.74, 6) is -2.66. The van der Waals surface area contributed by atoms with Gasteiger partial charge < -0.3 is 14.9 Å². The van der Waals surface area contributed by atoms with E-state index in [-0.39, 0.29) is 15.8 Å². The summed E-state index contributed by atoms with van der Waals surface area (Å²) in [5.41, 5.74) is -0.866. The number of phenolic OH excluding ortho intramolecular Hbond substituents is 1. The average Bonchev–Trinajstić information content (AvgIpc) is 2.45. The van der Waals surface area contributed by atoms with Crippen LogP contribution in [-0.2, 0) is 10.2 Å². The van der Waals surface area contributed by atoms with E-state index in [0.29, 0.717) is 12.8 Å². The summed E-state index contributed by atoms with van der Waals surface area (Å²) in [6.07, 6.45) is 3.40. The van der Waals surface area contributed by atoms with E-state index < -0.39 is 23.0 Å². The Morgan fingerprint density at radius 2 is 2.00 bits per heavy atom. The topological polar surface area (TPSA) is 66.8 Å². The fraction of sp³-hybridized carbons (Fsp3) is 0.500. The van der Waals surface area contributed by atoms with Crippen molar-refractivity contribution >= 4 is 21.9 Å². The maximum Gasteiger partial charge on any atom is 0.314 e. The highest BCUT2D eigenvalue weighted by atomic mass is 79.9. The molecule has 1 aromatic rings. The zero-order chi connectivity index (χ0) is 14.9. The van der Waals surface area contributed by atoms with Crippen molar-refractivity contribution in [1.82, 2.24) is 0 Å². The van der Waals surface area contributed by atoms with Crippen LogP contribution in [0.5, 0.6) is 11.5 Å². The lowest BCUT2D eigenvalue weighted by atomic mass is 9.69. The molecule has 0 radical (unpaired) electrons. The molecule has 4 nitrogen and oxygen atoms in total. The maximum absolute atomic E-state index is 14.1. The predicted octanol–water partition coefficient (Wildman–Crippen LogP) is 3.59. The molecule has 0 aliphatic heterocycles. The van der Waals surface area contributed by atoms with Crippen molar-refractivity contribution in [3.05, 3.63) is 21.9 Å². The largest absolute Gasteiger partial charge is 0.504 e. The summed E-state index contributed by atoms with van der Waals surface area (Å²) in [4.78, 5) is 11.8. The number of rotatable bonds is 3. The van der Waals surface area contributed by atoms with Crippen molar-refractivity contribution in [2.24, 2.45) is 0 Å². The van der Waals surface area contributed by atoms with E-state index in [2.05, 4.69) is 15.9 Å². The second-order valence-electron chi connectivity index (χ2n) is 5.05. The maximum atomic E-state index is 14.1. The van der Waals surface area contributed by atoms with E-state index >= 15 is 0 Å². The summed E-state index contributed by atoms with van der Waals surface area (Å²) in [6.45, 7) is 0. The second kappa shape index (κ2) is 5.60. The van der Waals surface area contributed by atoms with Crippen molar-refractivity contribution in [3.63, 3.8) is 0 Å². The van der Waals surface area contributed by atoms with Crippen LogP contribution >= 0.6 is 15.9 Å². The highest BCUT2D eigenvalue weighted by molar-refractivity contribution is 9.10. The van der Waals surface area contributed by atoms with E-state index in [1.807, 2.05) is 0 Å². The van der Waals surface area contributed by atoms with Crippen LogP contribution in [0.4, 0.5) is 4.39 Å². The SMILES string of the molecule is COc1c(C2(C(=O)O)CCCCC2)cc(Br)c(O)c1F. The van der Waals surface area contributed by atoms with Gasteiger partial charge >= 0.3 is 5.97 Å². The molecule has 1 aromatic carbocycles. The first kappa shape index (κ1) is 15.1. The normalized spacial score (nSPS) is 17.8. The van der Waals surface area contributed by atoms with Gasteiger partial charge in [-0.2, -0.15) is 4.39 Å². The molecule has 2 rings (SSSR count). The number of methoxy groups -OCH3 is 1. The highest BCUT2D eigenvalue weighted by Gasteiger charge is 2.44. The minimum absolute atomic E-state index is 0.136. The number of benzene rings is 1. The third kappa shape index (κ3) is 2.26. The molecule has 0 amide bonds. The summed E-state index contributed by atoms with van der Waals surface area (Å²) >= 11 is 3.06. The van der Waals surface area contributed by atoms with Gasteiger partial charge in [-0.25, -0.2) is 0 Å². The monoisotopic (exact) mass is 346 g/mol. The molecule has 6 heteroatoms. The van der Waals surface area contributed by atoms with Crippen LogP contribution in [-0.4, -0.2) is 23.3 Å². The Kier molecular flexibility index (Phi) is 4.22. The summed E-state index contributed by atoms with van der Waals surface area (Å²) in [6, 6.07) is 1.46.